The van der Waals surface area contributed by atoms with E-state index in [4.69, 9.17) is 0 Å². The lowest BCUT2D eigenvalue weighted by molar-refractivity contribution is -0.137. The van der Waals surface area contributed by atoms with Crippen LogP contribution < -0.4 is 16.0 Å². The number of hydrogen-bond acceptors (Lipinski definition) is 2. The van der Waals surface area contributed by atoms with Crippen LogP contribution in [-0.4, -0.2) is 31.1 Å². The van der Waals surface area contributed by atoms with Crippen LogP contribution in [0.3, 0.4) is 0 Å². The van der Waals surface area contributed by atoms with E-state index in [0.717, 1.165) is 24.2 Å². The molecule has 3 N–H and O–H groups in total. The monoisotopic (exact) mass is 344 g/mol. The van der Waals surface area contributed by atoms with E-state index in [-0.39, 0.29) is 5.54 Å². The molecule has 0 aliphatic carbocycles. The third-order valence-electron chi connectivity index (χ3n) is 3.12. The molecule has 0 bridgehead atoms. The molecule has 0 radical (unpaired) electrons. The minimum Gasteiger partial charge on any atom is -0.357 e. The zero-order chi connectivity index (χ0) is 18.2. The molecule has 1 aromatic rings. The third-order valence-corrected chi connectivity index (χ3v) is 3.12. The summed E-state index contributed by atoms with van der Waals surface area (Å²) in [6.45, 7) is 10.8. The van der Waals surface area contributed by atoms with E-state index >= 15 is 0 Å². The summed E-state index contributed by atoms with van der Waals surface area (Å²) < 4.78 is 37.6. The van der Waals surface area contributed by atoms with E-state index in [1.165, 1.54) is 12.1 Å². The molecule has 1 aromatic carbocycles. The molecule has 0 spiro atoms. The summed E-state index contributed by atoms with van der Waals surface area (Å²) in [7, 11) is 0. The molecule has 1 rings (SSSR count). The van der Waals surface area contributed by atoms with Crippen LogP contribution in [0.1, 0.15) is 38.8 Å². The van der Waals surface area contributed by atoms with Gasteiger partial charge in [0.2, 0.25) is 0 Å². The van der Waals surface area contributed by atoms with Crippen molar-refractivity contribution in [3.05, 3.63) is 35.4 Å². The molecule has 0 heterocycles. The predicted octanol–water partition coefficient (Wildman–Crippen LogP) is 3.15. The predicted molar refractivity (Wildman–Crippen MR) is 92.0 cm³/mol. The molecule has 7 heteroatoms. The fraction of sp³-hybridized carbons (Fsp3) is 0.588. The molecule has 0 saturated heterocycles. The maximum Gasteiger partial charge on any atom is 0.416 e. The van der Waals surface area contributed by atoms with Crippen molar-refractivity contribution in [3.8, 4) is 0 Å². The summed E-state index contributed by atoms with van der Waals surface area (Å²) in [4.78, 5) is 4.39. The van der Waals surface area contributed by atoms with Crippen molar-refractivity contribution in [2.45, 2.75) is 46.0 Å². The van der Waals surface area contributed by atoms with Gasteiger partial charge in [-0.25, -0.2) is 4.99 Å². The Hall–Kier alpha value is -1.76. The molecule has 0 aromatic heterocycles. The average Bonchev–Trinajstić information content (AvgIpc) is 2.47. The molecule has 0 aliphatic heterocycles. The highest BCUT2D eigenvalue weighted by Crippen LogP contribution is 2.29. The minimum absolute atomic E-state index is 0.0530. The molecule has 0 unspecified atom stereocenters. The second-order valence-corrected chi connectivity index (χ2v) is 6.49. The van der Waals surface area contributed by atoms with Gasteiger partial charge >= 0.3 is 6.18 Å². The topological polar surface area (TPSA) is 48.5 Å². The van der Waals surface area contributed by atoms with Crippen molar-refractivity contribution in [1.29, 1.82) is 0 Å². The zero-order valence-electron chi connectivity index (χ0n) is 14.7. The summed E-state index contributed by atoms with van der Waals surface area (Å²) in [6.07, 6.45) is -4.31. The van der Waals surface area contributed by atoms with Crippen molar-refractivity contribution in [2.24, 2.45) is 4.99 Å². The molecule has 0 aliphatic rings. The van der Waals surface area contributed by atoms with Crippen LogP contribution in [0.2, 0.25) is 0 Å². The van der Waals surface area contributed by atoms with Gasteiger partial charge in [-0.15, -0.1) is 0 Å². The third kappa shape index (κ3) is 8.19. The number of aliphatic imine (C=N–C) groups is 1. The lowest BCUT2D eigenvalue weighted by Gasteiger charge is -2.21. The van der Waals surface area contributed by atoms with Gasteiger partial charge in [0.25, 0.3) is 0 Å². The van der Waals surface area contributed by atoms with Gasteiger partial charge in [0.1, 0.15) is 0 Å². The Morgan fingerprint density at radius 1 is 1.00 bits per heavy atom. The van der Waals surface area contributed by atoms with Gasteiger partial charge in [0, 0.05) is 25.2 Å². The van der Waals surface area contributed by atoms with E-state index in [1.807, 2.05) is 6.92 Å². The van der Waals surface area contributed by atoms with Gasteiger partial charge < -0.3 is 16.0 Å². The van der Waals surface area contributed by atoms with E-state index in [1.54, 1.807) is 0 Å². The zero-order valence-corrected chi connectivity index (χ0v) is 14.7. The first kappa shape index (κ1) is 20.3. The second kappa shape index (κ2) is 8.92. The number of nitrogens with one attached hydrogen (secondary N) is 3. The second-order valence-electron chi connectivity index (χ2n) is 6.49. The SMILES string of the molecule is CCNC(=NCc1ccc(C(F)(F)F)cc1)NCCNC(C)(C)C. The summed E-state index contributed by atoms with van der Waals surface area (Å²) in [5.41, 5.74) is 0.138. The van der Waals surface area contributed by atoms with Crippen LogP contribution in [0, 0.1) is 0 Å². The number of hydrogen-bond donors (Lipinski definition) is 3. The number of rotatable bonds is 6. The Morgan fingerprint density at radius 2 is 1.62 bits per heavy atom. The largest absolute Gasteiger partial charge is 0.416 e. The lowest BCUT2D eigenvalue weighted by atomic mass is 10.1. The van der Waals surface area contributed by atoms with Crippen LogP contribution in [-0.2, 0) is 12.7 Å². The number of guanidine groups is 1. The smallest absolute Gasteiger partial charge is 0.357 e. The summed E-state index contributed by atoms with van der Waals surface area (Å²) in [5, 5.41) is 9.67. The van der Waals surface area contributed by atoms with Gasteiger partial charge in [0.15, 0.2) is 5.96 Å². The molecule has 0 amide bonds. The van der Waals surface area contributed by atoms with Gasteiger partial charge in [-0.05, 0) is 45.4 Å². The first-order chi connectivity index (χ1) is 11.1. The maximum atomic E-state index is 12.5. The van der Waals surface area contributed by atoms with Gasteiger partial charge in [-0.1, -0.05) is 12.1 Å². The molecular formula is C17H27F3N4. The molecule has 0 atom stereocenters. The molecule has 24 heavy (non-hydrogen) atoms. The quantitative estimate of drug-likeness (QED) is 0.422. The number of halogens is 3. The number of alkyl halides is 3. The fourth-order valence-corrected chi connectivity index (χ4v) is 1.93. The Balaban J connectivity index is 2.56. The van der Waals surface area contributed by atoms with E-state index in [9.17, 15) is 13.2 Å². The molecule has 136 valence electrons. The van der Waals surface area contributed by atoms with Crippen LogP contribution in [0.5, 0.6) is 0 Å². The van der Waals surface area contributed by atoms with Crippen molar-refractivity contribution < 1.29 is 13.2 Å². The molecule has 4 nitrogen and oxygen atoms in total. The summed E-state index contributed by atoms with van der Waals surface area (Å²) >= 11 is 0. The van der Waals surface area contributed by atoms with Crippen LogP contribution >= 0.6 is 0 Å². The fourth-order valence-electron chi connectivity index (χ4n) is 1.93. The van der Waals surface area contributed by atoms with Crippen LogP contribution in [0.15, 0.2) is 29.3 Å². The van der Waals surface area contributed by atoms with Crippen molar-refractivity contribution in [3.63, 3.8) is 0 Å². The van der Waals surface area contributed by atoms with Crippen LogP contribution in [0.4, 0.5) is 13.2 Å². The highest BCUT2D eigenvalue weighted by Gasteiger charge is 2.29. The van der Waals surface area contributed by atoms with E-state index in [0.29, 0.717) is 25.6 Å². The van der Waals surface area contributed by atoms with Crippen molar-refractivity contribution in [1.82, 2.24) is 16.0 Å². The van der Waals surface area contributed by atoms with Crippen molar-refractivity contribution in [2.75, 3.05) is 19.6 Å². The molecular weight excluding hydrogens is 317 g/mol. The number of benzene rings is 1. The molecule has 0 saturated carbocycles. The summed E-state index contributed by atoms with van der Waals surface area (Å²) in [6, 6.07) is 5.07. The van der Waals surface area contributed by atoms with E-state index < -0.39 is 11.7 Å². The van der Waals surface area contributed by atoms with Gasteiger partial charge in [-0.3, -0.25) is 0 Å². The molecule has 0 fully saturated rings. The van der Waals surface area contributed by atoms with Gasteiger partial charge in [0.05, 0.1) is 12.1 Å². The Bertz CT molecular complexity index is 516. The van der Waals surface area contributed by atoms with Crippen LogP contribution in [0.25, 0.3) is 0 Å². The van der Waals surface area contributed by atoms with E-state index in [2.05, 4.69) is 41.7 Å². The summed E-state index contributed by atoms with van der Waals surface area (Å²) in [5.74, 6) is 0.646. The highest BCUT2D eigenvalue weighted by atomic mass is 19.4. The standard InChI is InChI=1S/C17H27F3N4/c1-5-21-15(22-10-11-24-16(2,3)4)23-12-13-6-8-14(9-7-13)17(18,19)20/h6-9,24H,5,10-12H2,1-4H3,(H2,21,22,23). The Kier molecular flexibility index (Phi) is 7.54. The maximum absolute atomic E-state index is 12.5. The minimum atomic E-state index is -4.31. The Morgan fingerprint density at radius 3 is 2.12 bits per heavy atom. The Labute approximate surface area is 141 Å². The first-order valence-electron chi connectivity index (χ1n) is 8.05. The average molecular weight is 344 g/mol. The normalized spacial score (nSPS) is 13.0. The first-order valence-corrected chi connectivity index (χ1v) is 8.05. The lowest BCUT2D eigenvalue weighted by Crippen LogP contribution is -2.44. The van der Waals surface area contributed by atoms with Gasteiger partial charge in [-0.2, -0.15) is 13.2 Å². The highest BCUT2D eigenvalue weighted by molar-refractivity contribution is 5.79. The number of nitrogens with zero attached hydrogens (tertiary/aromatic N) is 1. The van der Waals surface area contributed by atoms with Crippen molar-refractivity contribution >= 4 is 5.96 Å².